The molecule has 0 aliphatic rings. The number of rotatable bonds is 0. The van der Waals surface area contributed by atoms with Crippen molar-refractivity contribution in [2.75, 3.05) is 0 Å². The van der Waals surface area contributed by atoms with Crippen molar-refractivity contribution in [1.29, 1.82) is 0 Å². The molecule has 3 heteroatoms. The summed E-state index contributed by atoms with van der Waals surface area (Å²) in [5.41, 5.74) is 3.06. The van der Waals surface area contributed by atoms with Crippen LogP contribution in [0.3, 0.4) is 0 Å². The first-order chi connectivity index (χ1) is 4.13. The minimum absolute atomic E-state index is 0.173. The van der Waals surface area contributed by atoms with Crippen LogP contribution in [-0.4, -0.2) is 0 Å². The van der Waals surface area contributed by atoms with Gasteiger partial charge in [0.1, 0.15) is 7.05 Å². The highest BCUT2D eigenvalue weighted by molar-refractivity contribution is 7.99. The molecule has 0 saturated carbocycles. The van der Waals surface area contributed by atoms with Crippen molar-refractivity contribution in [2.45, 2.75) is 13.8 Å². The third-order valence-corrected chi connectivity index (χ3v) is 6.50. The van der Waals surface area contributed by atoms with E-state index in [0.29, 0.717) is 0 Å². The molecular weight excluding hydrogens is 148 g/mol. The average molecular weight is 160 g/mol. The zero-order valence-corrected chi connectivity index (χ0v) is 8.13. The second-order valence-electron chi connectivity index (χ2n) is 2.28. The van der Waals surface area contributed by atoms with E-state index in [4.69, 9.17) is 0 Å². The molecule has 0 aliphatic carbocycles. The lowest BCUT2D eigenvalue weighted by atomic mass is 10.7. The Morgan fingerprint density at radius 3 is 2.11 bits per heavy atom. The van der Waals surface area contributed by atoms with Gasteiger partial charge in [-0.1, -0.05) is 0 Å². The molecule has 50 valence electrons. The molecular formula is C6H12NP2+. The first-order valence-electron chi connectivity index (χ1n) is 2.99. The maximum absolute atomic E-state index is 2.33. The van der Waals surface area contributed by atoms with Crippen LogP contribution < -0.4 is 4.57 Å². The van der Waals surface area contributed by atoms with Crippen molar-refractivity contribution < 1.29 is 4.57 Å². The highest BCUT2D eigenvalue weighted by atomic mass is 31.9. The van der Waals surface area contributed by atoms with Crippen molar-refractivity contribution in [3.8, 4) is 0 Å². The minimum Gasteiger partial charge on any atom is -0.195 e. The lowest BCUT2D eigenvalue weighted by molar-refractivity contribution is -0.676. The van der Waals surface area contributed by atoms with Gasteiger partial charge in [0.25, 0.3) is 0 Å². The minimum atomic E-state index is 0.173. The molecule has 0 aliphatic heterocycles. The topological polar surface area (TPSA) is 3.88 Å². The van der Waals surface area contributed by atoms with E-state index in [9.17, 15) is 0 Å². The zero-order chi connectivity index (χ0) is 7.02. The number of aromatic nitrogens is 1. The summed E-state index contributed by atoms with van der Waals surface area (Å²) < 4.78 is 2.31. The monoisotopic (exact) mass is 160 g/mol. The van der Waals surface area contributed by atoms with Gasteiger partial charge in [-0.15, -0.1) is 0 Å². The SMILES string of the molecule is Cc1pp(C)c(C)[n+]1C. The summed E-state index contributed by atoms with van der Waals surface area (Å²) >= 11 is 0. The quantitative estimate of drug-likeness (QED) is 0.512. The predicted octanol–water partition coefficient (Wildman–Crippen LogP) is 2.23. The molecule has 9 heavy (non-hydrogen) atoms. The molecule has 0 aromatic carbocycles. The Balaban J connectivity index is 3.29. The fourth-order valence-corrected chi connectivity index (χ4v) is 4.88. The Morgan fingerprint density at radius 2 is 2.00 bits per heavy atom. The van der Waals surface area contributed by atoms with Crippen LogP contribution in [-0.2, 0) is 13.7 Å². The van der Waals surface area contributed by atoms with Gasteiger partial charge in [-0.2, -0.15) is 4.57 Å². The van der Waals surface area contributed by atoms with Crippen LogP contribution in [0.2, 0.25) is 0 Å². The molecule has 1 aromatic heterocycles. The van der Waals surface area contributed by atoms with Gasteiger partial charge in [0, 0.05) is 21.7 Å². The van der Waals surface area contributed by atoms with Gasteiger partial charge in [-0.3, -0.25) is 0 Å². The Labute approximate surface area is 58.8 Å². The fourth-order valence-electron chi connectivity index (χ4n) is 0.808. The van der Waals surface area contributed by atoms with Crippen LogP contribution >= 0.6 is 15.1 Å². The zero-order valence-electron chi connectivity index (χ0n) is 6.34. The number of nitrogens with zero attached hydrogens (tertiary/aromatic N) is 1. The average Bonchev–Trinajstić information content (AvgIpc) is 1.98. The fraction of sp³-hybridized carbons (Fsp3) is 0.667. The molecule has 1 unspecified atom stereocenters. The first kappa shape index (κ1) is 7.25. The van der Waals surface area contributed by atoms with Crippen molar-refractivity contribution in [3.63, 3.8) is 0 Å². The van der Waals surface area contributed by atoms with Crippen molar-refractivity contribution >= 4 is 15.1 Å². The van der Waals surface area contributed by atoms with Gasteiger partial charge in [-0.05, 0) is 13.9 Å². The second-order valence-corrected chi connectivity index (χ2v) is 7.22. The largest absolute Gasteiger partial charge is 0.207 e. The van der Waals surface area contributed by atoms with Crippen LogP contribution in [0, 0.1) is 13.8 Å². The van der Waals surface area contributed by atoms with Crippen LogP contribution in [0.5, 0.6) is 0 Å². The van der Waals surface area contributed by atoms with E-state index >= 15 is 0 Å². The van der Waals surface area contributed by atoms with Crippen molar-refractivity contribution in [3.05, 3.63) is 10.9 Å². The molecule has 1 aromatic rings. The highest BCUT2D eigenvalue weighted by Crippen LogP contribution is 2.38. The third kappa shape index (κ3) is 1.18. The first-order valence-corrected chi connectivity index (χ1v) is 6.38. The van der Waals surface area contributed by atoms with Gasteiger partial charge >= 0.3 is 0 Å². The molecule has 0 N–H and O–H groups in total. The van der Waals surface area contributed by atoms with Crippen molar-refractivity contribution in [2.24, 2.45) is 13.7 Å². The van der Waals surface area contributed by atoms with E-state index in [1.807, 2.05) is 0 Å². The summed E-state index contributed by atoms with van der Waals surface area (Å²) in [4.78, 5) is 0. The van der Waals surface area contributed by atoms with Crippen LogP contribution in [0.25, 0.3) is 0 Å². The molecule has 0 amide bonds. The second kappa shape index (κ2) is 2.40. The Hall–Kier alpha value is 0.140. The van der Waals surface area contributed by atoms with Crippen LogP contribution in [0.4, 0.5) is 0 Å². The molecule has 0 saturated heterocycles. The summed E-state index contributed by atoms with van der Waals surface area (Å²) in [6, 6.07) is 0. The van der Waals surface area contributed by atoms with Gasteiger partial charge in [0.2, 0.25) is 5.43 Å². The van der Waals surface area contributed by atoms with E-state index in [1.54, 1.807) is 13.3 Å². The maximum Gasteiger partial charge on any atom is 0.207 e. The molecule has 1 heterocycles. The Kier molecular flexibility index (Phi) is 1.94. The lowest BCUT2D eigenvalue weighted by Crippen LogP contribution is -2.30. The van der Waals surface area contributed by atoms with Gasteiger partial charge in [0.15, 0.2) is 5.43 Å². The van der Waals surface area contributed by atoms with Gasteiger partial charge in [0.05, 0.1) is 0 Å². The number of aryl methyl sites for hydroxylation is 2. The number of hydrogen-bond acceptors (Lipinski definition) is 0. The number of hydrogen-bond donors (Lipinski definition) is 0. The molecule has 1 nitrogen and oxygen atoms in total. The lowest BCUT2D eigenvalue weighted by Gasteiger charge is -1.83. The van der Waals surface area contributed by atoms with E-state index in [0.717, 1.165) is 0 Å². The summed E-state index contributed by atoms with van der Waals surface area (Å²) in [7, 11) is 3.88. The van der Waals surface area contributed by atoms with E-state index < -0.39 is 0 Å². The Bertz CT molecular complexity index is 205. The smallest absolute Gasteiger partial charge is 0.195 e. The highest BCUT2D eigenvalue weighted by Gasteiger charge is 2.10. The Morgan fingerprint density at radius 1 is 1.44 bits per heavy atom. The summed E-state index contributed by atoms with van der Waals surface area (Å²) in [5.74, 6) is 0. The van der Waals surface area contributed by atoms with Gasteiger partial charge in [-0.25, -0.2) is 0 Å². The summed E-state index contributed by atoms with van der Waals surface area (Å²) in [5, 5.41) is 0. The van der Waals surface area contributed by atoms with E-state index in [-0.39, 0.29) is 7.21 Å². The van der Waals surface area contributed by atoms with Crippen LogP contribution in [0.15, 0.2) is 0 Å². The summed E-state index contributed by atoms with van der Waals surface area (Å²) in [6.07, 6.45) is 0. The predicted molar refractivity (Wildman–Crippen MR) is 43.3 cm³/mol. The third-order valence-electron chi connectivity index (χ3n) is 1.73. The maximum atomic E-state index is 2.33. The molecule has 1 rings (SSSR count). The normalized spacial score (nSPS) is 13.1. The summed E-state index contributed by atoms with van der Waals surface area (Å²) in [6.45, 7) is 6.77. The molecule has 0 fully saturated rings. The molecule has 0 bridgehead atoms. The van der Waals surface area contributed by atoms with E-state index in [2.05, 4.69) is 32.1 Å². The standard InChI is InChI=1S/C6H12NP2/c1-5-7(3)6(2)9(4)8-5/h1-4H3/q+1. The molecule has 0 spiro atoms. The molecule has 0 radical (unpaired) electrons. The van der Waals surface area contributed by atoms with E-state index in [1.165, 1.54) is 5.43 Å². The van der Waals surface area contributed by atoms with Crippen LogP contribution in [0.1, 0.15) is 10.9 Å². The molecule has 1 atom stereocenters. The van der Waals surface area contributed by atoms with Crippen molar-refractivity contribution in [1.82, 2.24) is 0 Å². The van der Waals surface area contributed by atoms with Gasteiger partial charge < -0.3 is 0 Å².